The van der Waals surface area contributed by atoms with Crippen LogP contribution in [0.3, 0.4) is 0 Å². The van der Waals surface area contributed by atoms with Crippen molar-refractivity contribution in [3.8, 4) is 0 Å². The second-order valence-corrected chi connectivity index (χ2v) is 6.51. The monoisotopic (exact) mass is 308 g/mol. The van der Waals surface area contributed by atoms with Crippen molar-refractivity contribution in [2.75, 3.05) is 19.6 Å². The topological polar surface area (TPSA) is 65.5 Å². The zero-order valence-electron chi connectivity index (χ0n) is 14.0. The zero-order valence-corrected chi connectivity index (χ0v) is 14.0. The Morgan fingerprint density at radius 2 is 1.68 bits per heavy atom. The normalized spacial score (nSPS) is 20.9. The Labute approximate surface area is 134 Å². The smallest absolute Gasteiger partial charge is 0.223 e. The quantitative estimate of drug-likeness (QED) is 0.400. The molecule has 0 saturated heterocycles. The van der Waals surface area contributed by atoms with E-state index in [2.05, 4.69) is 27.9 Å². The SMILES string of the molecule is CCNC(=NCCNC(=O)C1CCCCC1)NC1CCCC1. The fourth-order valence-electron chi connectivity index (χ4n) is 3.44. The number of hydrogen-bond acceptors (Lipinski definition) is 2. The first-order valence-corrected chi connectivity index (χ1v) is 9.12. The van der Waals surface area contributed by atoms with Crippen LogP contribution in [0.5, 0.6) is 0 Å². The lowest BCUT2D eigenvalue weighted by Crippen LogP contribution is -2.43. The minimum Gasteiger partial charge on any atom is -0.357 e. The Kier molecular flexibility index (Phi) is 7.54. The van der Waals surface area contributed by atoms with Gasteiger partial charge >= 0.3 is 0 Å². The van der Waals surface area contributed by atoms with E-state index in [9.17, 15) is 4.79 Å². The molecule has 0 heterocycles. The van der Waals surface area contributed by atoms with Gasteiger partial charge in [0.1, 0.15) is 0 Å². The summed E-state index contributed by atoms with van der Waals surface area (Å²) in [5.74, 6) is 1.35. The highest BCUT2D eigenvalue weighted by atomic mass is 16.1. The van der Waals surface area contributed by atoms with Crippen LogP contribution in [0.4, 0.5) is 0 Å². The maximum absolute atomic E-state index is 12.1. The lowest BCUT2D eigenvalue weighted by molar-refractivity contribution is -0.125. The van der Waals surface area contributed by atoms with Crippen LogP contribution in [0.15, 0.2) is 4.99 Å². The fraction of sp³-hybridized carbons (Fsp3) is 0.882. The molecule has 2 fully saturated rings. The second-order valence-electron chi connectivity index (χ2n) is 6.51. The van der Waals surface area contributed by atoms with Crippen molar-refractivity contribution in [3.05, 3.63) is 0 Å². The standard InChI is InChI=1S/C17H32N4O/c1-2-18-17(21-15-10-6-7-11-15)20-13-12-19-16(22)14-8-4-3-5-9-14/h14-15H,2-13H2,1H3,(H,19,22)(H2,18,20,21). The Morgan fingerprint density at radius 3 is 2.36 bits per heavy atom. The molecule has 2 aliphatic rings. The summed E-state index contributed by atoms with van der Waals surface area (Å²) in [6.07, 6.45) is 10.9. The van der Waals surface area contributed by atoms with Crippen molar-refractivity contribution >= 4 is 11.9 Å². The molecule has 2 aliphatic carbocycles. The highest BCUT2D eigenvalue weighted by molar-refractivity contribution is 5.80. The van der Waals surface area contributed by atoms with Gasteiger partial charge < -0.3 is 16.0 Å². The molecule has 0 aromatic heterocycles. The van der Waals surface area contributed by atoms with Crippen LogP contribution in [0, 0.1) is 5.92 Å². The van der Waals surface area contributed by atoms with Crippen LogP contribution in [-0.4, -0.2) is 37.5 Å². The second kappa shape index (κ2) is 9.70. The molecule has 0 aliphatic heterocycles. The summed E-state index contributed by atoms with van der Waals surface area (Å²) in [7, 11) is 0. The van der Waals surface area contributed by atoms with Crippen LogP contribution >= 0.6 is 0 Å². The third-order valence-corrected chi connectivity index (χ3v) is 4.70. The van der Waals surface area contributed by atoms with Crippen molar-refractivity contribution in [2.45, 2.75) is 70.8 Å². The number of carbonyl (C=O) groups excluding carboxylic acids is 1. The lowest BCUT2D eigenvalue weighted by atomic mass is 9.89. The molecule has 0 spiro atoms. The molecule has 0 atom stereocenters. The maximum atomic E-state index is 12.1. The number of hydrogen-bond donors (Lipinski definition) is 3. The van der Waals surface area contributed by atoms with Gasteiger partial charge in [0.05, 0.1) is 6.54 Å². The van der Waals surface area contributed by atoms with E-state index >= 15 is 0 Å². The van der Waals surface area contributed by atoms with Crippen LogP contribution in [0.1, 0.15) is 64.7 Å². The number of carbonyl (C=O) groups is 1. The third kappa shape index (κ3) is 5.85. The van der Waals surface area contributed by atoms with E-state index in [4.69, 9.17) is 0 Å². The molecule has 1 amide bonds. The van der Waals surface area contributed by atoms with Gasteiger partial charge in [0.15, 0.2) is 5.96 Å². The number of nitrogens with one attached hydrogen (secondary N) is 3. The van der Waals surface area contributed by atoms with Crippen LogP contribution in [0.2, 0.25) is 0 Å². The first kappa shape index (κ1) is 17.1. The van der Waals surface area contributed by atoms with Gasteiger partial charge in [-0.2, -0.15) is 0 Å². The van der Waals surface area contributed by atoms with E-state index in [-0.39, 0.29) is 11.8 Å². The van der Waals surface area contributed by atoms with Gasteiger partial charge in [-0.05, 0) is 32.6 Å². The van der Waals surface area contributed by atoms with Gasteiger partial charge in [-0.3, -0.25) is 9.79 Å². The summed E-state index contributed by atoms with van der Waals surface area (Å²) >= 11 is 0. The molecule has 22 heavy (non-hydrogen) atoms. The summed E-state index contributed by atoms with van der Waals surface area (Å²) < 4.78 is 0. The molecule has 3 N–H and O–H groups in total. The largest absolute Gasteiger partial charge is 0.357 e. The zero-order chi connectivity index (χ0) is 15.6. The summed E-state index contributed by atoms with van der Waals surface area (Å²) in [5, 5.41) is 9.82. The van der Waals surface area contributed by atoms with Gasteiger partial charge in [0, 0.05) is 25.0 Å². The lowest BCUT2D eigenvalue weighted by Gasteiger charge is -2.20. The number of aliphatic imine (C=N–C) groups is 1. The third-order valence-electron chi connectivity index (χ3n) is 4.70. The highest BCUT2D eigenvalue weighted by Crippen LogP contribution is 2.23. The van der Waals surface area contributed by atoms with Gasteiger partial charge in [-0.15, -0.1) is 0 Å². The van der Waals surface area contributed by atoms with Gasteiger partial charge in [-0.1, -0.05) is 32.1 Å². The van der Waals surface area contributed by atoms with E-state index in [1.165, 1.54) is 44.9 Å². The summed E-state index contributed by atoms with van der Waals surface area (Å²) in [6.45, 7) is 4.22. The molecule has 2 saturated carbocycles. The average Bonchev–Trinajstić information content (AvgIpc) is 3.05. The molecular weight excluding hydrogens is 276 g/mol. The Bertz CT molecular complexity index is 358. The summed E-state index contributed by atoms with van der Waals surface area (Å²) in [6, 6.07) is 0.564. The number of rotatable bonds is 6. The Morgan fingerprint density at radius 1 is 1.00 bits per heavy atom. The number of guanidine groups is 1. The minimum absolute atomic E-state index is 0.226. The Balaban J connectivity index is 1.67. The Hall–Kier alpha value is -1.26. The molecule has 0 bridgehead atoms. The summed E-state index contributed by atoms with van der Waals surface area (Å²) in [5.41, 5.74) is 0. The predicted octanol–water partition coefficient (Wildman–Crippen LogP) is 2.18. The van der Waals surface area contributed by atoms with E-state index < -0.39 is 0 Å². The molecule has 0 unspecified atom stereocenters. The van der Waals surface area contributed by atoms with Crippen molar-refractivity contribution in [3.63, 3.8) is 0 Å². The van der Waals surface area contributed by atoms with Crippen molar-refractivity contribution < 1.29 is 4.79 Å². The molecule has 2 rings (SSSR count). The van der Waals surface area contributed by atoms with Gasteiger partial charge in [0.25, 0.3) is 0 Å². The minimum atomic E-state index is 0.226. The maximum Gasteiger partial charge on any atom is 0.223 e. The van der Waals surface area contributed by atoms with E-state index in [1.54, 1.807) is 0 Å². The van der Waals surface area contributed by atoms with Crippen molar-refractivity contribution in [1.29, 1.82) is 0 Å². The van der Waals surface area contributed by atoms with Crippen molar-refractivity contribution in [1.82, 2.24) is 16.0 Å². The number of amides is 1. The molecule has 0 radical (unpaired) electrons. The number of nitrogens with zero attached hydrogens (tertiary/aromatic N) is 1. The van der Waals surface area contributed by atoms with E-state index in [0.29, 0.717) is 19.1 Å². The molecule has 5 heteroatoms. The van der Waals surface area contributed by atoms with Crippen LogP contribution < -0.4 is 16.0 Å². The van der Waals surface area contributed by atoms with E-state index in [1.807, 2.05) is 0 Å². The average molecular weight is 308 g/mol. The predicted molar refractivity (Wildman–Crippen MR) is 91.0 cm³/mol. The molecular formula is C17H32N4O. The van der Waals surface area contributed by atoms with Gasteiger partial charge in [0.2, 0.25) is 5.91 Å². The van der Waals surface area contributed by atoms with E-state index in [0.717, 1.165) is 25.3 Å². The molecule has 0 aromatic carbocycles. The fourth-order valence-corrected chi connectivity index (χ4v) is 3.44. The van der Waals surface area contributed by atoms with Gasteiger partial charge in [-0.25, -0.2) is 0 Å². The molecule has 126 valence electrons. The highest BCUT2D eigenvalue weighted by Gasteiger charge is 2.20. The molecule has 0 aromatic rings. The molecule has 5 nitrogen and oxygen atoms in total. The first-order chi connectivity index (χ1) is 10.8. The summed E-state index contributed by atoms with van der Waals surface area (Å²) in [4.78, 5) is 16.6. The van der Waals surface area contributed by atoms with Crippen LogP contribution in [0.25, 0.3) is 0 Å². The van der Waals surface area contributed by atoms with Crippen LogP contribution in [-0.2, 0) is 4.79 Å². The first-order valence-electron chi connectivity index (χ1n) is 9.12. The van der Waals surface area contributed by atoms with Crippen molar-refractivity contribution in [2.24, 2.45) is 10.9 Å².